The number of hydrogen-bond donors (Lipinski definition) is 2. The standard InChI is InChI=1S/C35H32N2O/c38-30(24-36-23-22-26-12-4-1-5-13-26)25-37-34(29-17-8-3-9-18-29)33(28-15-6-2-7-16-28)32-21-20-27-14-10-11-19-31(27)35(32)37/h1-21,30,36,38H,22-25H2. The smallest absolute Gasteiger partial charge is 0.0843 e. The number of rotatable bonds is 9. The number of hydrogen-bond acceptors (Lipinski definition) is 2. The highest BCUT2D eigenvalue weighted by atomic mass is 16.3. The summed E-state index contributed by atoms with van der Waals surface area (Å²) in [6.45, 7) is 1.86. The first kappa shape index (κ1) is 24.2. The summed E-state index contributed by atoms with van der Waals surface area (Å²) in [4.78, 5) is 0. The van der Waals surface area contributed by atoms with Crippen molar-refractivity contribution < 1.29 is 5.11 Å². The van der Waals surface area contributed by atoms with Crippen LogP contribution < -0.4 is 5.32 Å². The molecule has 0 bridgehead atoms. The first-order chi connectivity index (χ1) is 18.8. The lowest BCUT2D eigenvalue weighted by molar-refractivity contribution is 0.154. The van der Waals surface area contributed by atoms with Crippen molar-refractivity contribution in [1.29, 1.82) is 0 Å². The predicted molar refractivity (Wildman–Crippen MR) is 159 cm³/mol. The summed E-state index contributed by atoms with van der Waals surface area (Å²) in [5.41, 5.74) is 7.16. The third kappa shape index (κ3) is 4.87. The zero-order chi connectivity index (χ0) is 25.7. The maximum absolute atomic E-state index is 11.3. The summed E-state index contributed by atoms with van der Waals surface area (Å²) in [5.74, 6) is 0. The van der Waals surface area contributed by atoms with Gasteiger partial charge in [0.1, 0.15) is 0 Å². The molecule has 6 rings (SSSR count). The fourth-order valence-electron chi connectivity index (χ4n) is 5.52. The molecule has 0 aliphatic rings. The van der Waals surface area contributed by atoms with Crippen LogP contribution in [-0.2, 0) is 13.0 Å². The summed E-state index contributed by atoms with van der Waals surface area (Å²) < 4.78 is 2.35. The Morgan fingerprint density at radius 1 is 0.632 bits per heavy atom. The maximum atomic E-state index is 11.3. The lowest BCUT2D eigenvalue weighted by atomic mass is 9.97. The molecule has 0 saturated heterocycles. The van der Waals surface area contributed by atoms with E-state index in [9.17, 15) is 5.11 Å². The van der Waals surface area contributed by atoms with Crippen LogP contribution in [0.4, 0.5) is 0 Å². The Labute approximate surface area is 224 Å². The highest BCUT2D eigenvalue weighted by Crippen LogP contribution is 2.43. The molecule has 1 atom stereocenters. The van der Waals surface area contributed by atoms with E-state index in [-0.39, 0.29) is 0 Å². The van der Waals surface area contributed by atoms with Gasteiger partial charge in [0.15, 0.2) is 0 Å². The van der Waals surface area contributed by atoms with Crippen molar-refractivity contribution in [3.8, 4) is 22.4 Å². The summed E-state index contributed by atoms with van der Waals surface area (Å²) >= 11 is 0. The molecule has 188 valence electrons. The van der Waals surface area contributed by atoms with E-state index in [4.69, 9.17) is 0 Å². The van der Waals surface area contributed by atoms with Crippen molar-refractivity contribution in [2.75, 3.05) is 13.1 Å². The van der Waals surface area contributed by atoms with E-state index in [0.29, 0.717) is 13.1 Å². The van der Waals surface area contributed by atoms with Crippen LogP contribution in [0.25, 0.3) is 44.1 Å². The molecule has 0 spiro atoms. The third-order valence-corrected chi connectivity index (χ3v) is 7.26. The molecule has 3 nitrogen and oxygen atoms in total. The maximum Gasteiger partial charge on any atom is 0.0843 e. The number of benzene rings is 5. The Morgan fingerprint density at radius 3 is 2.00 bits per heavy atom. The normalized spacial score (nSPS) is 12.2. The largest absolute Gasteiger partial charge is 0.390 e. The molecule has 2 N–H and O–H groups in total. The van der Waals surface area contributed by atoms with Crippen LogP contribution in [0, 0.1) is 0 Å². The zero-order valence-corrected chi connectivity index (χ0v) is 21.4. The van der Waals surface area contributed by atoms with Crippen LogP contribution in [0.5, 0.6) is 0 Å². The molecular formula is C35H32N2O. The summed E-state index contributed by atoms with van der Waals surface area (Å²) in [7, 11) is 0. The van der Waals surface area contributed by atoms with E-state index in [0.717, 1.165) is 24.2 Å². The van der Waals surface area contributed by atoms with Crippen LogP contribution in [-0.4, -0.2) is 28.9 Å². The molecule has 38 heavy (non-hydrogen) atoms. The number of fused-ring (bicyclic) bond motifs is 3. The molecule has 0 saturated carbocycles. The molecule has 1 heterocycles. The molecule has 0 aliphatic heterocycles. The number of nitrogens with zero attached hydrogens (tertiary/aromatic N) is 1. The molecule has 5 aromatic carbocycles. The average molecular weight is 497 g/mol. The Hall–Kier alpha value is -4.18. The summed E-state index contributed by atoms with van der Waals surface area (Å²) in [6, 6.07) is 44.7. The van der Waals surface area contributed by atoms with Crippen molar-refractivity contribution in [2.45, 2.75) is 19.1 Å². The van der Waals surface area contributed by atoms with Crippen molar-refractivity contribution in [3.05, 3.63) is 133 Å². The van der Waals surface area contributed by atoms with E-state index in [1.54, 1.807) is 0 Å². The van der Waals surface area contributed by atoms with Gasteiger partial charge in [0.2, 0.25) is 0 Å². The summed E-state index contributed by atoms with van der Waals surface area (Å²) in [6.07, 6.45) is 0.407. The van der Waals surface area contributed by atoms with Crippen molar-refractivity contribution >= 4 is 21.7 Å². The van der Waals surface area contributed by atoms with Gasteiger partial charge < -0.3 is 15.0 Å². The first-order valence-electron chi connectivity index (χ1n) is 13.4. The fraction of sp³-hybridized carbons (Fsp3) is 0.143. The zero-order valence-electron chi connectivity index (χ0n) is 21.4. The first-order valence-corrected chi connectivity index (χ1v) is 13.4. The highest BCUT2D eigenvalue weighted by Gasteiger charge is 2.23. The Morgan fingerprint density at radius 2 is 1.26 bits per heavy atom. The monoisotopic (exact) mass is 496 g/mol. The van der Waals surface area contributed by atoms with E-state index >= 15 is 0 Å². The van der Waals surface area contributed by atoms with Crippen LogP contribution in [0.15, 0.2) is 127 Å². The number of aromatic nitrogens is 1. The molecule has 0 amide bonds. The quantitative estimate of drug-likeness (QED) is 0.206. The van der Waals surface area contributed by atoms with Crippen molar-refractivity contribution in [2.24, 2.45) is 0 Å². The second-order valence-electron chi connectivity index (χ2n) is 9.84. The van der Waals surface area contributed by atoms with Gasteiger partial charge in [-0.25, -0.2) is 0 Å². The van der Waals surface area contributed by atoms with Gasteiger partial charge in [0, 0.05) is 22.9 Å². The average Bonchev–Trinajstić information content (AvgIpc) is 3.31. The number of aliphatic hydroxyl groups is 1. The minimum atomic E-state index is -0.536. The topological polar surface area (TPSA) is 37.2 Å². The van der Waals surface area contributed by atoms with E-state index in [2.05, 4.69) is 131 Å². The Kier molecular flexibility index (Phi) is 7.03. The molecule has 1 unspecified atom stereocenters. The van der Waals surface area contributed by atoms with E-state index in [1.165, 1.54) is 38.4 Å². The molecule has 0 radical (unpaired) electrons. The van der Waals surface area contributed by atoms with Gasteiger partial charge in [-0.2, -0.15) is 0 Å². The predicted octanol–water partition coefficient (Wildman–Crippen LogP) is 7.32. The van der Waals surface area contributed by atoms with E-state index in [1.807, 2.05) is 6.07 Å². The molecular weight excluding hydrogens is 464 g/mol. The molecule has 0 fully saturated rings. The Balaban J connectivity index is 1.43. The lowest BCUT2D eigenvalue weighted by Gasteiger charge is -2.18. The molecule has 3 heteroatoms. The Bertz CT molecular complexity index is 1640. The van der Waals surface area contributed by atoms with Crippen molar-refractivity contribution in [1.82, 2.24) is 9.88 Å². The minimum Gasteiger partial charge on any atom is -0.390 e. The van der Waals surface area contributed by atoms with Gasteiger partial charge in [-0.15, -0.1) is 0 Å². The van der Waals surface area contributed by atoms with Gasteiger partial charge in [0.05, 0.1) is 23.9 Å². The fourth-order valence-corrected chi connectivity index (χ4v) is 5.52. The van der Waals surface area contributed by atoms with Gasteiger partial charge in [-0.1, -0.05) is 127 Å². The second-order valence-corrected chi connectivity index (χ2v) is 9.84. The van der Waals surface area contributed by atoms with Gasteiger partial charge in [0.25, 0.3) is 0 Å². The van der Waals surface area contributed by atoms with Gasteiger partial charge in [-0.05, 0) is 35.0 Å². The van der Waals surface area contributed by atoms with Crippen molar-refractivity contribution in [3.63, 3.8) is 0 Å². The van der Waals surface area contributed by atoms with Crippen LogP contribution in [0.1, 0.15) is 5.56 Å². The minimum absolute atomic E-state index is 0.500. The van der Waals surface area contributed by atoms with Crippen LogP contribution >= 0.6 is 0 Å². The van der Waals surface area contributed by atoms with Crippen LogP contribution in [0.2, 0.25) is 0 Å². The summed E-state index contributed by atoms with van der Waals surface area (Å²) in [5, 5.41) is 18.4. The number of nitrogens with one attached hydrogen (secondary N) is 1. The SMILES string of the molecule is OC(CNCCc1ccccc1)Cn1c(-c2ccccc2)c(-c2ccccc2)c2ccc3ccccc3c21. The van der Waals surface area contributed by atoms with Gasteiger partial charge >= 0.3 is 0 Å². The molecule has 1 aromatic heterocycles. The second kappa shape index (κ2) is 11.1. The number of aliphatic hydroxyl groups excluding tert-OH is 1. The lowest BCUT2D eigenvalue weighted by Crippen LogP contribution is -2.31. The van der Waals surface area contributed by atoms with Crippen LogP contribution in [0.3, 0.4) is 0 Å². The third-order valence-electron chi connectivity index (χ3n) is 7.26. The molecule has 0 aliphatic carbocycles. The highest BCUT2D eigenvalue weighted by molar-refractivity contribution is 6.15. The van der Waals surface area contributed by atoms with Gasteiger partial charge in [-0.3, -0.25) is 0 Å². The van der Waals surface area contributed by atoms with E-state index < -0.39 is 6.10 Å². The molecule has 6 aromatic rings.